The van der Waals surface area contributed by atoms with Crippen LogP contribution in [0, 0.1) is 18.8 Å². The average Bonchev–Trinajstić information content (AvgIpc) is 3.33. The third-order valence-corrected chi connectivity index (χ3v) is 5.64. The molecule has 3 rings (SSSR count). The second kappa shape index (κ2) is 12.1. The standard InChI is InChI=1S/C23H33N5O2.HI/c1-5-24-23(27-14-17(2)21(16-27)22(29)30-4)25-13-9-10-19-15-28(26-18(19)3)20-11-7-6-8-12-20;/h6-8,11-12,15,17,21H,5,9-10,13-14,16H2,1-4H3,(H,24,25);1H. The number of aliphatic imine (C=N–C) groups is 1. The molecular weight excluding hydrogens is 505 g/mol. The summed E-state index contributed by atoms with van der Waals surface area (Å²) >= 11 is 0. The lowest BCUT2D eigenvalue weighted by atomic mass is 9.99. The van der Waals surface area contributed by atoms with Crippen LogP contribution in [0.5, 0.6) is 0 Å². The van der Waals surface area contributed by atoms with Crippen LogP contribution >= 0.6 is 24.0 Å². The maximum Gasteiger partial charge on any atom is 0.310 e. The van der Waals surface area contributed by atoms with Gasteiger partial charge in [-0.25, -0.2) is 4.68 Å². The first kappa shape index (κ1) is 25.2. The number of ether oxygens (including phenoxy) is 1. The van der Waals surface area contributed by atoms with Crippen molar-refractivity contribution in [2.24, 2.45) is 16.8 Å². The highest BCUT2D eigenvalue weighted by atomic mass is 127. The molecular formula is C23H34IN5O2. The number of esters is 1. The van der Waals surface area contributed by atoms with Gasteiger partial charge in [-0.15, -0.1) is 24.0 Å². The van der Waals surface area contributed by atoms with E-state index < -0.39 is 0 Å². The van der Waals surface area contributed by atoms with Gasteiger partial charge in [-0.05, 0) is 50.3 Å². The SMILES string of the molecule is CCNC(=NCCCc1cn(-c2ccccc2)nc1C)N1CC(C)C(C(=O)OC)C1.I. The van der Waals surface area contributed by atoms with E-state index in [1.165, 1.54) is 12.7 Å². The summed E-state index contributed by atoms with van der Waals surface area (Å²) in [6, 6.07) is 10.2. The van der Waals surface area contributed by atoms with Crippen LogP contribution in [0.1, 0.15) is 31.5 Å². The van der Waals surface area contributed by atoms with Crippen molar-refractivity contribution in [3.8, 4) is 5.69 Å². The molecule has 2 aromatic rings. The molecule has 1 aliphatic rings. The number of hydrogen-bond donors (Lipinski definition) is 1. The van der Waals surface area contributed by atoms with Crippen molar-refractivity contribution in [2.75, 3.05) is 33.3 Å². The number of nitrogens with zero attached hydrogens (tertiary/aromatic N) is 4. The number of carbonyl (C=O) groups is 1. The van der Waals surface area contributed by atoms with Gasteiger partial charge in [0, 0.05) is 32.4 Å². The molecule has 1 aromatic carbocycles. The number of para-hydroxylation sites is 1. The Morgan fingerprint density at radius 2 is 2.03 bits per heavy atom. The number of nitrogens with one attached hydrogen (secondary N) is 1. The highest BCUT2D eigenvalue weighted by Crippen LogP contribution is 2.24. The summed E-state index contributed by atoms with van der Waals surface area (Å²) < 4.78 is 6.89. The summed E-state index contributed by atoms with van der Waals surface area (Å²) in [5.41, 5.74) is 3.38. The fraction of sp³-hybridized carbons (Fsp3) is 0.522. The Balaban J connectivity index is 0.00000341. The molecule has 1 N–H and O–H groups in total. The first-order valence-corrected chi connectivity index (χ1v) is 10.7. The summed E-state index contributed by atoms with van der Waals surface area (Å²) in [6.07, 6.45) is 3.99. The Morgan fingerprint density at radius 3 is 2.71 bits per heavy atom. The molecule has 2 heterocycles. The van der Waals surface area contributed by atoms with E-state index in [9.17, 15) is 4.79 Å². The van der Waals surface area contributed by atoms with Gasteiger partial charge in [-0.3, -0.25) is 9.79 Å². The zero-order valence-corrected chi connectivity index (χ0v) is 21.2. The molecule has 0 spiro atoms. The molecule has 0 bridgehead atoms. The maximum atomic E-state index is 12.0. The number of likely N-dealkylation sites (tertiary alicyclic amines) is 1. The summed E-state index contributed by atoms with van der Waals surface area (Å²) in [6.45, 7) is 9.21. The molecule has 8 heteroatoms. The van der Waals surface area contributed by atoms with E-state index in [-0.39, 0.29) is 41.8 Å². The second-order valence-corrected chi connectivity index (χ2v) is 7.87. The van der Waals surface area contributed by atoms with Crippen molar-refractivity contribution >= 4 is 35.9 Å². The van der Waals surface area contributed by atoms with Gasteiger partial charge < -0.3 is 15.0 Å². The number of aryl methyl sites for hydroxylation is 2. The normalized spacial score (nSPS) is 18.6. The van der Waals surface area contributed by atoms with Crippen molar-refractivity contribution in [1.29, 1.82) is 0 Å². The van der Waals surface area contributed by atoms with Crippen LogP contribution in [0.2, 0.25) is 0 Å². The predicted molar refractivity (Wildman–Crippen MR) is 134 cm³/mol. The molecule has 2 unspecified atom stereocenters. The lowest BCUT2D eigenvalue weighted by molar-refractivity contribution is -0.145. The van der Waals surface area contributed by atoms with Gasteiger partial charge in [-0.1, -0.05) is 25.1 Å². The number of methoxy groups -OCH3 is 1. The van der Waals surface area contributed by atoms with Crippen LogP contribution in [0.25, 0.3) is 5.69 Å². The Kier molecular flexibility index (Phi) is 9.80. The average molecular weight is 539 g/mol. The number of halogens is 1. The minimum absolute atomic E-state index is 0. The zero-order valence-electron chi connectivity index (χ0n) is 18.9. The van der Waals surface area contributed by atoms with Crippen molar-refractivity contribution < 1.29 is 9.53 Å². The number of carbonyl (C=O) groups excluding carboxylic acids is 1. The summed E-state index contributed by atoms with van der Waals surface area (Å²) in [5.74, 6) is 0.914. The minimum atomic E-state index is -0.133. The quantitative estimate of drug-likeness (QED) is 0.192. The summed E-state index contributed by atoms with van der Waals surface area (Å²) in [5, 5.41) is 8.01. The largest absolute Gasteiger partial charge is 0.469 e. The third-order valence-electron chi connectivity index (χ3n) is 5.64. The topological polar surface area (TPSA) is 71.8 Å². The maximum absolute atomic E-state index is 12.0. The molecule has 31 heavy (non-hydrogen) atoms. The highest BCUT2D eigenvalue weighted by Gasteiger charge is 2.36. The second-order valence-electron chi connectivity index (χ2n) is 7.87. The molecule has 1 fully saturated rings. The molecule has 170 valence electrons. The number of guanidine groups is 1. The van der Waals surface area contributed by atoms with Crippen LogP contribution in [-0.4, -0.2) is 59.9 Å². The van der Waals surface area contributed by atoms with E-state index in [0.717, 1.165) is 49.8 Å². The minimum Gasteiger partial charge on any atom is -0.469 e. The van der Waals surface area contributed by atoms with Crippen molar-refractivity contribution in [3.63, 3.8) is 0 Å². The number of rotatable bonds is 7. The third kappa shape index (κ3) is 6.44. The van der Waals surface area contributed by atoms with E-state index in [1.54, 1.807) is 0 Å². The van der Waals surface area contributed by atoms with Gasteiger partial charge in [0.05, 0.1) is 24.4 Å². The van der Waals surface area contributed by atoms with Crippen molar-refractivity contribution in [1.82, 2.24) is 20.0 Å². The monoisotopic (exact) mass is 539 g/mol. The highest BCUT2D eigenvalue weighted by molar-refractivity contribution is 14.0. The van der Waals surface area contributed by atoms with E-state index in [2.05, 4.69) is 54.4 Å². The van der Waals surface area contributed by atoms with Crippen LogP contribution in [0.4, 0.5) is 0 Å². The number of benzene rings is 1. The van der Waals surface area contributed by atoms with E-state index in [1.807, 2.05) is 22.9 Å². The van der Waals surface area contributed by atoms with E-state index >= 15 is 0 Å². The fourth-order valence-corrected chi connectivity index (χ4v) is 3.93. The molecule has 2 atom stereocenters. The molecule has 1 saturated heterocycles. The van der Waals surface area contributed by atoms with E-state index in [4.69, 9.17) is 9.73 Å². The van der Waals surface area contributed by atoms with Gasteiger partial charge in [0.15, 0.2) is 5.96 Å². The molecule has 1 aromatic heterocycles. The molecule has 0 saturated carbocycles. The number of aromatic nitrogens is 2. The smallest absolute Gasteiger partial charge is 0.310 e. The van der Waals surface area contributed by atoms with Crippen LogP contribution in [0.15, 0.2) is 41.5 Å². The van der Waals surface area contributed by atoms with Gasteiger partial charge in [-0.2, -0.15) is 5.10 Å². The number of hydrogen-bond acceptors (Lipinski definition) is 4. The summed E-state index contributed by atoms with van der Waals surface area (Å²) in [7, 11) is 1.46. The van der Waals surface area contributed by atoms with Gasteiger partial charge >= 0.3 is 5.97 Å². The van der Waals surface area contributed by atoms with Gasteiger partial charge in [0.25, 0.3) is 0 Å². The van der Waals surface area contributed by atoms with E-state index in [0.29, 0.717) is 6.54 Å². The summed E-state index contributed by atoms with van der Waals surface area (Å²) in [4.78, 5) is 19.0. The molecule has 0 radical (unpaired) electrons. The molecule has 1 aliphatic heterocycles. The Bertz CT molecular complexity index is 868. The lowest BCUT2D eigenvalue weighted by Crippen LogP contribution is -2.40. The predicted octanol–water partition coefficient (Wildman–Crippen LogP) is 3.44. The Morgan fingerprint density at radius 1 is 1.29 bits per heavy atom. The molecule has 7 nitrogen and oxygen atoms in total. The van der Waals surface area contributed by atoms with Gasteiger partial charge in [0.2, 0.25) is 0 Å². The lowest BCUT2D eigenvalue weighted by Gasteiger charge is -2.21. The van der Waals surface area contributed by atoms with Crippen LogP contribution in [-0.2, 0) is 16.0 Å². The Labute approximate surface area is 202 Å². The zero-order chi connectivity index (χ0) is 21.5. The fourth-order valence-electron chi connectivity index (χ4n) is 3.93. The first-order valence-electron chi connectivity index (χ1n) is 10.7. The van der Waals surface area contributed by atoms with Crippen molar-refractivity contribution in [2.45, 2.75) is 33.6 Å². The van der Waals surface area contributed by atoms with Gasteiger partial charge in [0.1, 0.15) is 0 Å². The van der Waals surface area contributed by atoms with Crippen LogP contribution in [0.3, 0.4) is 0 Å². The Hall–Kier alpha value is -2.10. The van der Waals surface area contributed by atoms with Crippen molar-refractivity contribution in [3.05, 3.63) is 47.8 Å². The molecule has 0 aliphatic carbocycles. The first-order chi connectivity index (χ1) is 14.5. The molecule has 0 amide bonds. The van der Waals surface area contributed by atoms with Crippen LogP contribution < -0.4 is 5.32 Å².